The third-order valence-corrected chi connectivity index (χ3v) is 8.45. The van der Waals surface area contributed by atoms with Crippen molar-refractivity contribution in [2.24, 2.45) is 0 Å². The lowest BCUT2D eigenvalue weighted by atomic mass is 9.98. The van der Waals surface area contributed by atoms with Gasteiger partial charge in [0.15, 0.2) is 5.65 Å². The third kappa shape index (κ3) is 3.26. The number of sulfone groups is 1. The fourth-order valence-electron chi connectivity index (χ4n) is 3.64. The van der Waals surface area contributed by atoms with Crippen molar-refractivity contribution in [3.05, 3.63) is 45.6 Å². The van der Waals surface area contributed by atoms with Gasteiger partial charge in [-0.1, -0.05) is 0 Å². The Morgan fingerprint density at radius 2 is 2.00 bits per heavy atom. The van der Waals surface area contributed by atoms with Crippen LogP contribution in [0.5, 0.6) is 0 Å². The summed E-state index contributed by atoms with van der Waals surface area (Å²) in [5.74, 6) is 0.846. The van der Waals surface area contributed by atoms with E-state index in [2.05, 4.69) is 26.1 Å². The van der Waals surface area contributed by atoms with Gasteiger partial charge in [0.05, 0.1) is 39.8 Å². The van der Waals surface area contributed by atoms with Crippen LogP contribution in [-0.4, -0.2) is 44.3 Å². The zero-order valence-corrected chi connectivity index (χ0v) is 18.4. The average molecular weight is 493 g/mol. The van der Waals surface area contributed by atoms with Crippen LogP contribution >= 0.6 is 27.3 Å². The summed E-state index contributed by atoms with van der Waals surface area (Å²) in [6, 6.07) is 2.00. The van der Waals surface area contributed by atoms with Gasteiger partial charge in [0, 0.05) is 28.6 Å². The SMILES string of the molecule is Nc1c(Br)c(C2CCS(=O)(=O)CC2)nc2c(-c3cnn(-c4ccsc4)c3)cnn12. The molecule has 0 spiro atoms. The van der Waals surface area contributed by atoms with Crippen molar-refractivity contribution in [2.75, 3.05) is 17.2 Å². The molecule has 11 heteroatoms. The van der Waals surface area contributed by atoms with Gasteiger partial charge in [-0.25, -0.2) is 18.1 Å². The van der Waals surface area contributed by atoms with Crippen LogP contribution in [0.15, 0.2) is 39.9 Å². The van der Waals surface area contributed by atoms with Crippen LogP contribution in [0.25, 0.3) is 22.5 Å². The van der Waals surface area contributed by atoms with Crippen molar-refractivity contribution in [1.29, 1.82) is 0 Å². The predicted octanol–water partition coefficient (Wildman–Crippen LogP) is 3.28. The standard InChI is InChI=1S/C18H17BrN6O2S2/c19-15-16(11-2-5-29(26,27)6-3-11)23-18-14(8-22-25(18)17(15)20)12-7-21-24(9-12)13-1-4-28-10-13/h1,4,7-11H,2-3,5-6,20H2. The van der Waals surface area contributed by atoms with Crippen molar-refractivity contribution in [2.45, 2.75) is 18.8 Å². The zero-order chi connectivity index (χ0) is 20.2. The lowest BCUT2D eigenvalue weighted by Gasteiger charge is -2.23. The number of hydrogen-bond donors (Lipinski definition) is 1. The quantitative estimate of drug-likeness (QED) is 0.469. The minimum absolute atomic E-state index is 0.0384. The van der Waals surface area contributed by atoms with E-state index in [1.807, 2.05) is 27.7 Å². The summed E-state index contributed by atoms with van der Waals surface area (Å²) in [4.78, 5) is 4.86. The summed E-state index contributed by atoms with van der Waals surface area (Å²) in [5, 5.41) is 12.9. The third-order valence-electron chi connectivity index (χ3n) is 5.25. The summed E-state index contributed by atoms with van der Waals surface area (Å²) in [6.07, 6.45) is 6.54. The fourth-order valence-corrected chi connectivity index (χ4v) is 6.34. The zero-order valence-electron chi connectivity index (χ0n) is 15.2. The second-order valence-electron chi connectivity index (χ2n) is 7.07. The average Bonchev–Trinajstić information content (AvgIpc) is 3.44. The smallest absolute Gasteiger partial charge is 0.165 e. The van der Waals surface area contributed by atoms with Gasteiger partial charge in [-0.2, -0.15) is 26.0 Å². The minimum atomic E-state index is -2.95. The Bertz CT molecular complexity index is 1300. The Kier molecular flexibility index (Phi) is 4.48. The molecule has 1 aliphatic rings. The number of halogens is 1. The molecule has 4 aromatic rings. The van der Waals surface area contributed by atoms with Gasteiger partial charge < -0.3 is 5.73 Å². The van der Waals surface area contributed by atoms with Crippen LogP contribution in [-0.2, 0) is 9.84 Å². The van der Waals surface area contributed by atoms with Gasteiger partial charge in [-0.3, -0.25) is 0 Å². The number of nitrogen functional groups attached to an aromatic ring is 1. The van der Waals surface area contributed by atoms with E-state index in [0.717, 1.165) is 22.5 Å². The predicted molar refractivity (Wildman–Crippen MR) is 116 cm³/mol. The number of hydrogen-bond acceptors (Lipinski definition) is 7. The van der Waals surface area contributed by atoms with Gasteiger partial charge in [0.2, 0.25) is 0 Å². The Morgan fingerprint density at radius 3 is 2.72 bits per heavy atom. The van der Waals surface area contributed by atoms with E-state index in [4.69, 9.17) is 10.7 Å². The van der Waals surface area contributed by atoms with Crippen LogP contribution in [0.4, 0.5) is 5.82 Å². The van der Waals surface area contributed by atoms with Gasteiger partial charge in [0.25, 0.3) is 0 Å². The highest BCUT2D eigenvalue weighted by Crippen LogP contribution is 2.37. The van der Waals surface area contributed by atoms with Gasteiger partial charge in [-0.15, -0.1) is 0 Å². The van der Waals surface area contributed by atoms with Crippen LogP contribution in [0.2, 0.25) is 0 Å². The normalized spacial score (nSPS) is 17.1. The largest absolute Gasteiger partial charge is 0.383 e. The molecule has 1 saturated heterocycles. The molecule has 0 amide bonds. The molecule has 8 nitrogen and oxygen atoms in total. The Labute approximate surface area is 179 Å². The topological polar surface area (TPSA) is 108 Å². The lowest BCUT2D eigenvalue weighted by Crippen LogP contribution is -2.23. The molecule has 4 aromatic heterocycles. The molecule has 150 valence electrons. The Balaban J connectivity index is 1.59. The molecule has 1 aliphatic heterocycles. The highest BCUT2D eigenvalue weighted by atomic mass is 79.9. The van der Waals surface area contributed by atoms with Crippen LogP contribution in [0, 0.1) is 0 Å². The Hall–Kier alpha value is -2.24. The lowest BCUT2D eigenvalue weighted by molar-refractivity contribution is 0.543. The van der Waals surface area contributed by atoms with E-state index in [0.29, 0.717) is 28.8 Å². The maximum atomic E-state index is 11.8. The van der Waals surface area contributed by atoms with E-state index in [-0.39, 0.29) is 17.4 Å². The van der Waals surface area contributed by atoms with E-state index in [1.54, 1.807) is 28.2 Å². The number of anilines is 1. The first-order valence-corrected chi connectivity index (χ1v) is 12.6. The number of thiophene rings is 1. The molecule has 0 radical (unpaired) electrons. The van der Waals surface area contributed by atoms with Crippen molar-refractivity contribution in [3.63, 3.8) is 0 Å². The van der Waals surface area contributed by atoms with E-state index in [1.165, 1.54) is 0 Å². The van der Waals surface area contributed by atoms with Crippen molar-refractivity contribution >= 4 is 48.6 Å². The number of nitrogens with two attached hydrogens (primary N) is 1. The molecular weight excluding hydrogens is 476 g/mol. The van der Waals surface area contributed by atoms with Gasteiger partial charge in [-0.05, 0) is 40.2 Å². The maximum Gasteiger partial charge on any atom is 0.165 e. The first-order valence-electron chi connectivity index (χ1n) is 9.03. The minimum Gasteiger partial charge on any atom is -0.383 e. The van der Waals surface area contributed by atoms with Crippen LogP contribution < -0.4 is 5.73 Å². The highest BCUT2D eigenvalue weighted by Gasteiger charge is 2.29. The van der Waals surface area contributed by atoms with Crippen LogP contribution in [0.1, 0.15) is 24.5 Å². The van der Waals surface area contributed by atoms with E-state index >= 15 is 0 Å². The molecule has 29 heavy (non-hydrogen) atoms. The van der Waals surface area contributed by atoms with E-state index in [9.17, 15) is 8.42 Å². The molecule has 2 N–H and O–H groups in total. The highest BCUT2D eigenvalue weighted by molar-refractivity contribution is 9.10. The molecule has 0 bridgehead atoms. The molecule has 1 fully saturated rings. The molecule has 0 unspecified atom stereocenters. The summed E-state index contributed by atoms with van der Waals surface area (Å²) < 4.78 is 27.7. The molecule has 0 aliphatic carbocycles. The first kappa shape index (κ1) is 18.8. The number of rotatable bonds is 3. The molecule has 0 atom stereocenters. The monoisotopic (exact) mass is 492 g/mol. The van der Waals surface area contributed by atoms with Crippen LogP contribution in [0.3, 0.4) is 0 Å². The van der Waals surface area contributed by atoms with Gasteiger partial charge >= 0.3 is 0 Å². The molecule has 0 aromatic carbocycles. The second-order valence-corrected chi connectivity index (χ2v) is 10.9. The maximum absolute atomic E-state index is 11.8. The molecular formula is C18H17BrN6O2S2. The van der Waals surface area contributed by atoms with E-state index < -0.39 is 9.84 Å². The van der Waals surface area contributed by atoms with Crippen molar-refractivity contribution < 1.29 is 8.42 Å². The van der Waals surface area contributed by atoms with Crippen molar-refractivity contribution in [1.82, 2.24) is 24.4 Å². The van der Waals surface area contributed by atoms with Crippen molar-refractivity contribution in [3.8, 4) is 16.8 Å². The summed E-state index contributed by atoms with van der Waals surface area (Å²) in [6.45, 7) is 0. The second kappa shape index (κ2) is 6.92. The summed E-state index contributed by atoms with van der Waals surface area (Å²) in [5.41, 5.74) is 10.5. The molecule has 5 rings (SSSR count). The first-order chi connectivity index (χ1) is 13.9. The fraction of sp³-hybridized carbons (Fsp3) is 0.278. The summed E-state index contributed by atoms with van der Waals surface area (Å²) >= 11 is 5.16. The molecule has 5 heterocycles. The number of fused-ring (bicyclic) bond motifs is 1. The number of nitrogens with zero attached hydrogens (tertiary/aromatic N) is 5. The molecule has 0 saturated carbocycles. The number of aromatic nitrogens is 5. The Morgan fingerprint density at radius 1 is 1.21 bits per heavy atom. The van der Waals surface area contributed by atoms with Gasteiger partial charge in [0.1, 0.15) is 15.7 Å². The summed E-state index contributed by atoms with van der Waals surface area (Å²) in [7, 11) is -2.95.